The Morgan fingerprint density at radius 2 is 2.38 bits per heavy atom. The highest BCUT2D eigenvalue weighted by Crippen LogP contribution is 2.55. The molecule has 70 valence electrons. The summed E-state index contributed by atoms with van der Waals surface area (Å²) in [7, 11) is 0. The zero-order valence-electron chi connectivity index (χ0n) is 7.47. The summed E-state index contributed by atoms with van der Waals surface area (Å²) in [6.45, 7) is 2.79. The highest BCUT2D eigenvalue weighted by molar-refractivity contribution is 7.10. The zero-order chi connectivity index (χ0) is 9.05. The Morgan fingerprint density at radius 3 is 3.08 bits per heavy atom. The molecule has 1 saturated carbocycles. The lowest BCUT2D eigenvalue weighted by molar-refractivity contribution is 0.0366. The molecule has 2 heterocycles. The Balaban J connectivity index is 2.16. The number of ether oxygens (including phenoxy) is 1. The van der Waals surface area contributed by atoms with Crippen molar-refractivity contribution in [3.05, 3.63) is 21.6 Å². The fraction of sp³-hybridized carbons (Fsp3) is 0.600. The zero-order valence-corrected chi connectivity index (χ0v) is 8.29. The molecule has 1 fully saturated rings. The van der Waals surface area contributed by atoms with Crippen molar-refractivity contribution >= 4 is 11.3 Å². The molecule has 1 unspecified atom stereocenters. The molecule has 1 aliphatic heterocycles. The van der Waals surface area contributed by atoms with E-state index in [1.165, 1.54) is 29.7 Å². The van der Waals surface area contributed by atoms with Gasteiger partial charge in [-0.3, -0.25) is 0 Å². The first-order valence-corrected chi connectivity index (χ1v) is 5.44. The first kappa shape index (κ1) is 7.94. The maximum absolute atomic E-state index is 13.1. The fourth-order valence-corrected chi connectivity index (χ4v) is 3.10. The van der Waals surface area contributed by atoms with Crippen molar-refractivity contribution in [1.82, 2.24) is 0 Å². The Hall–Kier alpha value is -0.410. The van der Waals surface area contributed by atoms with Crippen molar-refractivity contribution in [1.29, 1.82) is 0 Å². The number of hydrogen-bond acceptors (Lipinski definition) is 2. The lowest BCUT2D eigenvalue weighted by Gasteiger charge is -2.26. The van der Waals surface area contributed by atoms with Crippen LogP contribution in [0.25, 0.3) is 0 Å². The van der Waals surface area contributed by atoms with E-state index in [2.05, 4.69) is 0 Å². The van der Waals surface area contributed by atoms with Crippen LogP contribution in [-0.2, 0) is 10.2 Å². The van der Waals surface area contributed by atoms with Crippen LogP contribution in [-0.4, -0.2) is 6.61 Å². The van der Waals surface area contributed by atoms with Crippen LogP contribution < -0.4 is 0 Å². The van der Waals surface area contributed by atoms with Gasteiger partial charge in [0.1, 0.15) is 0 Å². The van der Waals surface area contributed by atoms with E-state index >= 15 is 0 Å². The largest absolute Gasteiger partial charge is 0.372 e. The minimum atomic E-state index is -0.0615. The first-order chi connectivity index (χ1) is 6.21. The number of fused-ring (bicyclic) bond motifs is 2. The monoisotopic (exact) mass is 198 g/mol. The van der Waals surface area contributed by atoms with Crippen molar-refractivity contribution < 1.29 is 9.13 Å². The molecule has 0 bridgehead atoms. The lowest BCUT2D eigenvalue weighted by Crippen LogP contribution is -2.23. The molecule has 0 amide bonds. The van der Waals surface area contributed by atoms with Gasteiger partial charge in [-0.2, -0.15) is 4.39 Å². The number of halogens is 1. The molecular formula is C10H11FOS. The second-order valence-electron chi connectivity index (χ2n) is 4.06. The summed E-state index contributed by atoms with van der Waals surface area (Å²) in [5.41, 5.74) is 1.44. The molecule has 2 aliphatic rings. The quantitative estimate of drug-likeness (QED) is 0.622. The van der Waals surface area contributed by atoms with Crippen molar-refractivity contribution in [3.8, 4) is 0 Å². The Kier molecular flexibility index (Phi) is 1.43. The average Bonchev–Trinajstić information content (AvgIpc) is 2.76. The topological polar surface area (TPSA) is 9.23 Å². The van der Waals surface area contributed by atoms with Gasteiger partial charge in [0.2, 0.25) is 0 Å². The summed E-state index contributed by atoms with van der Waals surface area (Å²) < 4.78 is 18.7. The van der Waals surface area contributed by atoms with Gasteiger partial charge >= 0.3 is 0 Å². The molecule has 1 spiro atoms. The van der Waals surface area contributed by atoms with E-state index in [0.717, 1.165) is 11.5 Å². The van der Waals surface area contributed by atoms with Crippen molar-refractivity contribution in [2.75, 3.05) is 6.61 Å². The maximum Gasteiger partial charge on any atom is 0.177 e. The minimum Gasteiger partial charge on any atom is -0.372 e. The van der Waals surface area contributed by atoms with Crippen molar-refractivity contribution in [2.45, 2.75) is 31.3 Å². The molecule has 1 nitrogen and oxygen atoms in total. The molecule has 0 saturated heterocycles. The highest BCUT2D eigenvalue weighted by atomic mass is 32.1. The molecule has 13 heavy (non-hydrogen) atoms. The first-order valence-electron chi connectivity index (χ1n) is 4.63. The normalized spacial score (nSPS) is 28.9. The summed E-state index contributed by atoms with van der Waals surface area (Å²) in [6.07, 6.45) is 2.43. The number of rotatable bonds is 0. The summed E-state index contributed by atoms with van der Waals surface area (Å²) in [5, 5.41) is -0.0615. The molecule has 1 atom stereocenters. The molecule has 3 heteroatoms. The molecule has 0 aromatic carbocycles. The van der Waals surface area contributed by atoms with E-state index in [9.17, 15) is 4.39 Å². The summed E-state index contributed by atoms with van der Waals surface area (Å²) in [4.78, 5) is 1.11. The number of hydrogen-bond donors (Lipinski definition) is 0. The van der Waals surface area contributed by atoms with Gasteiger partial charge in [-0.1, -0.05) is 0 Å². The van der Waals surface area contributed by atoms with Gasteiger partial charge < -0.3 is 4.74 Å². The van der Waals surface area contributed by atoms with Gasteiger partial charge in [0.05, 0.1) is 12.7 Å². The molecule has 3 rings (SSSR count). The van der Waals surface area contributed by atoms with Gasteiger partial charge in [0.25, 0.3) is 0 Å². The third-order valence-corrected chi connectivity index (χ3v) is 4.22. The standard InChI is InChI=1S/C10H11FOS/c1-6-9-7(4-8(11)13-9)10(2-3-10)5-12-6/h4,6H,2-3,5H2,1H3. The third-order valence-electron chi connectivity index (χ3n) is 3.13. The summed E-state index contributed by atoms with van der Waals surface area (Å²) in [5.74, 6) is 0. The molecule has 0 N–H and O–H groups in total. The maximum atomic E-state index is 13.1. The number of thiophene rings is 1. The van der Waals surface area contributed by atoms with Crippen LogP contribution in [0.3, 0.4) is 0 Å². The Morgan fingerprint density at radius 1 is 1.62 bits per heavy atom. The van der Waals surface area contributed by atoms with E-state index in [4.69, 9.17) is 4.74 Å². The Bertz CT molecular complexity index is 354. The van der Waals surface area contributed by atoms with Gasteiger partial charge in [-0.05, 0) is 31.4 Å². The molecular weight excluding hydrogens is 187 g/mol. The SMILES string of the molecule is CC1OCC2(CC2)c2cc(F)sc21. The van der Waals surface area contributed by atoms with Crippen LogP contribution >= 0.6 is 11.3 Å². The van der Waals surface area contributed by atoms with Crippen LogP contribution in [0.4, 0.5) is 4.39 Å². The van der Waals surface area contributed by atoms with Crippen LogP contribution in [0.5, 0.6) is 0 Å². The summed E-state index contributed by atoms with van der Waals surface area (Å²) >= 11 is 1.25. The van der Waals surface area contributed by atoms with E-state index < -0.39 is 0 Å². The second-order valence-corrected chi connectivity index (χ2v) is 5.10. The Labute approximate surface area is 80.5 Å². The van der Waals surface area contributed by atoms with E-state index in [-0.39, 0.29) is 16.6 Å². The van der Waals surface area contributed by atoms with E-state index in [1.807, 2.05) is 6.92 Å². The average molecular weight is 198 g/mol. The predicted octanol–water partition coefficient (Wildman–Crippen LogP) is 3.01. The van der Waals surface area contributed by atoms with Gasteiger partial charge in [-0.15, -0.1) is 11.3 Å². The fourth-order valence-electron chi connectivity index (χ4n) is 2.09. The second kappa shape index (κ2) is 2.34. The molecule has 1 aliphatic carbocycles. The van der Waals surface area contributed by atoms with E-state index in [0.29, 0.717) is 0 Å². The summed E-state index contributed by atoms with van der Waals surface area (Å²) in [6, 6.07) is 1.71. The molecule has 1 aromatic heterocycles. The molecule has 0 radical (unpaired) electrons. The predicted molar refractivity (Wildman–Crippen MR) is 49.6 cm³/mol. The van der Waals surface area contributed by atoms with Crippen LogP contribution in [0.1, 0.15) is 36.3 Å². The van der Waals surface area contributed by atoms with Crippen molar-refractivity contribution in [3.63, 3.8) is 0 Å². The van der Waals surface area contributed by atoms with Crippen LogP contribution in [0.2, 0.25) is 0 Å². The smallest absolute Gasteiger partial charge is 0.177 e. The van der Waals surface area contributed by atoms with Gasteiger partial charge in [0, 0.05) is 10.3 Å². The van der Waals surface area contributed by atoms with Gasteiger partial charge in [0.15, 0.2) is 5.13 Å². The lowest BCUT2D eigenvalue weighted by atomic mass is 9.94. The van der Waals surface area contributed by atoms with Crippen molar-refractivity contribution in [2.24, 2.45) is 0 Å². The minimum absolute atomic E-state index is 0.0615. The highest BCUT2D eigenvalue weighted by Gasteiger charge is 2.50. The third kappa shape index (κ3) is 1.00. The molecule has 1 aromatic rings. The van der Waals surface area contributed by atoms with Crippen LogP contribution in [0, 0.1) is 5.13 Å². The van der Waals surface area contributed by atoms with Crippen LogP contribution in [0.15, 0.2) is 6.07 Å². The van der Waals surface area contributed by atoms with E-state index in [1.54, 1.807) is 6.07 Å². The van der Waals surface area contributed by atoms with Gasteiger partial charge in [-0.25, -0.2) is 0 Å².